The van der Waals surface area contributed by atoms with E-state index in [0.717, 1.165) is 38.1 Å². The van der Waals surface area contributed by atoms with Gasteiger partial charge in [0, 0.05) is 12.5 Å². The maximum Gasteiger partial charge on any atom is 0.162 e. The van der Waals surface area contributed by atoms with E-state index in [1.54, 1.807) is 6.20 Å². The lowest BCUT2D eigenvalue weighted by Gasteiger charge is -2.32. The van der Waals surface area contributed by atoms with Crippen molar-refractivity contribution in [1.29, 1.82) is 0 Å². The summed E-state index contributed by atoms with van der Waals surface area (Å²) in [6, 6.07) is 1.83. The molecule has 2 aliphatic heterocycles. The van der Waals surface area contributed by atoms with Crippen LogP contribution in [0.3, 0.4) is 0 Å². The third-order valence-electron chi connectivity index (χ3n) is 3.64. The second-order valence-corrected chi connectivity index (χ2v) is 4.86. The molecule has 2 aliphatic rings. The van der Waals surface area contributed by atoms with Gasteiger partial charge in [0.1, 0.15) is 6.61 Å². The lowest BCUT2D eigenvalue weighted by atomic mass is 9.89. The first-order valence-electron chi connectivity index (χ1n) is 6.22. The van der Waals surface area contributed by atoms with E-state index in [0.29, 0.717) is 13.2 Å². The fourth-order valence-electron chi connectivity index (χ4n) is 2.66. The van der Waals surface area contributed by atoms with E-state index < -0.39 is 0 Å². The summed E-state index contributed by atoms with van der Waals surface area (Å²) in [5.41, 5.74) is 0.0668. The molecule has 17 heavy (non-hydrogen) atoms. The zero-order chi connectivity index (χ0) is 11.6. The SMILES string of the molecule is c1cc(COC2COC3(CCNCC3)C2)on1. The van der Waals surface area contributed by atoms with E-state index in [-0.39, 0.29) is 11.7 Å². The molecule has 1 spiro atoms. The quantitative estimate of drug-likeness (QED) is 0.854. The van der Waals surface area contributed by atoms with Gasteiger partial charge in [-0.05, 0) is 25.9 Å². The van der Waals surface area contributed by atoms with Crippen molar-refractivity contribution in [2.75, 3.05) is 19.7 Å². The lowest BCUT2D eigenvalue weighted by Crippen LogP contribution is -2.41. The number of piperidine rings is 1. The predicted molar refractivity (Wildman–Crippen MR) is 60.5 cm³/mol. The van der Waals surface area contributed by atoms with Gasteiger partial charge >= 0.3 is 0 Å². The molecule has 1 aromatic heterocycles. The van der Waals surface area contributed by atoms with Gasteiger partial charge in [-0.15, -0.1) is 0 Å². The second kappa shape index (κ2) is 4.76. The van der Waals surface area contributed by atoms with E-state index in [1.807, 2.05) is 6.07 Å². The van der Waals surface area contributed by atoms with Crippen molar-refractivity contribution >= 4 is 0 Å². The number of nitrogens with one attached hydrogen (secondary N) is 1. The normalized spacial score (nSPS) is 27.6. The Kier molecular flexibility index (Phi) is 3.13. The van der Waals surface area contributed by atoms with Crippen molar-refractivity contribution in [1.82, 2.24) is 10.5 Å². The molecule has 1 atom stereocenters. The van der Waals surface area contributed by atoms with Gasteiger partial charge in [-0.1, -0.05) is 5.16 Å². The first kappa shape index (κ1) is 11.2. The number of hydrogen-bond acceptors (Lipinski definition) is 5. The standard InChI is InChI=1S/C12H18N2O3/c1-4-14-17-10(1)8-15-11-7-12(16-9-11)2-5-13-6-3-12/h1,4,11,13H,2-3,5-9H2. The molecule has 3 rings (SSSR count). The Hall–Kier alpha value is -0.910. The van der Waals surface area contributed by atoms with Gasteiger partial charge < -0.3 is 19.3 Å². The topological polar surface area (TPSA) is 56.5 Å². The zero-order valence-electron chi connectivity index (χ0n) is 9.85. The first-order valence-corrected chi connectivity index (χ1v) is 6.22. The van der Waals surface area contributed by atoms with Gasteiger partial charge in [-0.25, -0.2) is 0 Å². The van der Waals surface area contributed by atoms with Crippen molar-refractivity contribution in [2.24, 2.45) is 0 Å². The van der Waals surface area contributed by atoms with Gasteiger partial charge in [0.2, 0.25) is 0 Å². The fourth-order valence-corrected chi connectivity index (χ4v) is 2.66. The Morgan fingerprint density at radius 1 is 1.47 bits per heavy atom. The second-order valence-electron chi connectivity index (χ2n) is 4.86. The van der Waals surface area contributed by atoms with Gasteiger partial charge in [0.25, 0.3) is 0 Å². The molecule has 0 saturated carbocycles. The molecule has 5 nitrogen and oxygen atoms in total. The van der Waals surface area contributed by atoms with Crippen LogP contribution in [0.15, 0.2) is 16.8 Å². The molecular formula is C12H18N2O3. The average Bonchev–Trinajstić information content (AvgIpc) is 2.98. The van der Waals surface area contributed by atoms with Crippen molar-refractivity contribution in [3.8, 4) is 0 Å². The number of hydrogen-bond donors (Lipinski definition) is 1. The zero-order valence-corrected chi connectivity index (χ0v) is 9.85. The Labute approximate surface area is 100 Å². The van der Waals surface area contributed by atoms with Crippen molar-refractivity contribution in [3.05, 3.63) is 18.0 Å². The Morgan fingerprint density at radius 3 is 3.12 bits per heavy atom. The summed E-state index contributed by atoms with van der Waals surface area (Å²) in [6.07, 6.45) is 5.02. The smallest absolute Gasteiger partial charge is 0.162 e. The van der Waals surface area contributed by atoms with Crippen LogP contribution in [0.5, 0.6) is 0 Å². The molecule has 0 aromatic carbocycles. The van der Waals surface area contributed by atoms with Gasteiger partial charge in [0.15, 0.2) is 5.76 Å². The van der Waals surface area contributed by atoms with E-state index in [2.05, 4.69) is 10.5 Å². The van der Waals surface area contributed by atoms with Crippen molar-refractivity contribution < 1.29 is 14.0 Å². The summed E-state index contributed by atoms with van der Waals surface area (Å²) < 4.78 is 16.8. The molecule has 1 N–H and O–H groups in total. The van der Waals surface area contributed by atoms with Gasteiger partial charge in [-0.3, -0.25) is 0 Å². The maximum absolute atomic E-state index is 5.95. The van der Waals surface area contributed by atoms with Crippen LogP contribution >= 0.6 is 0 Å². The molecule has 0 amide bonds. The molecule has 1 aromatic rings. The molecule has 1 unspecified atom stereocenters. The van der Waals surface area contributed by atoms with Crippen LogP contribution in [0, 0.1) is 0 Å². The highest BCUT2D eigenvalue weighted by atomic mass is 16.6. The number of nitrogens with zero attached hydrogens (tertiary/aromatic N) is 1. The van der Waals surface area contributed by atoms with E-state index in [9.17, 15) is 0 Å². The van der Waals surface area contributed by atoms with Crippen LogP contribution in [0.2, 0.25) is 0 Å². The van der Waals surface area contributed by atoms with E-state index in [1.165, 1.54) is 0 Å². The van der Waals surface area contributed by atoms with Crippen molar-refractivity contribution in [2.45, 2.75) is 37.6 Å². The molecule has 5 heteroatoms. The number of ether oxygens (including phenoxy) is 2. The third kappa shape index (κ3) is 2.51. The van der Waals surface area contributed by atoms with Crippen LogP contribution in [0.25, 0.3) is 0 Å². The largest absolute Gasteiger partial charge is 0.372 e. The van der Waals surface area contributed by atoms with Gasteiger partial charge in [0.05, 0.1) is 24.5 Å². The van der Waals surface area contributed by atoms with Gasteiger partial charge in [-0.2, -0.15) is 0 Å². The van der Waals surface area contributed by atoms with Crippen LogP contribution in [0.4, 0.5) is 0 Å². The molecule has 0 aliphatic carbocycles. The van der Waals surface area contributed by atoms with Crippen LogP contribution in [0.1, 0.15) is 25.0 Å². The third-order valence-corrected chi connectivity index (χ3v) is 3.64. The maximum atomic E-state index is 5.95. The summed E-state index contributed by atoms with van der Waals surface area (Å²) in [4.78, 5) is 0. The van der Waals surface area contributed by atoms with E-state index >= 15 is 0 Å². The summed E-state index contributed by atoms with van der Waals surface area (Å²) in [5, 5.41) is 7.02. The minimum Gasteiger partial charge on any atom is -0.372 e. The minimum absolute atomic E-state index is 0.0668. The molecule has 0 radical (unpaired) electrons. The molecule has 0 bridgehead atoms. The highest BCUT2D eigenvalue weighted by Crippen LogP contribution is 2.35. The highest BCUT2D eigenvalue weighted by Gasteiger charge is 2.41. The molecule has 3 heterocycles. The van der Waals surface area contributed by atoms with Crippen LogP contribution in [-0.4, -0.2) is 36.6 Å². The van der Waals surface area contributed by atoms with Crippen molar-refractivity contribution in [3.63, 3.8) is 0 Å². The van der Waals surface area contributed by atoms with Crippen LogP contribution in [-0.2, 0) is 16.1 Å². The van der Waals surface area contributed by atoms with Crippen LogP contribution < -0.4 is 5.32 Å². The molecule has 94 valence electrons. The Morgan fingerprint density at radius 2 is 2.35 bits per heavy atom. The fraction of sp³-hybridized carbons (Fsp3) is 0.750. The molecule has 2 fully saturated rings. The Bertz CT molecular complexity index is 347. The predicted octanol–water partition coefficient (Wildman–Crippen LogP) is 1.10. The number of rotatable bonds is 3. The summed E-state index contributed by atoms with van der Waals surface area (Å²) in [5.74, 6) is 0.774. The number of aromatic nitrogens is 1. The summed E-state index contributed by atoms with van der Waals surface area (Å²) in [6.45, 7) is 3.29. The minimum atomic E-state index is 0.0668. The molecule has 2 saturated heterocycles. The first-order chi connectivity index (χ1) is 8.36. The average molecular weight is 238 g/mol. The summed E-state index contributed by atoms with van der Waals surface area (Å²) in [7, 11) is 0. The lowest BCUT2D eigenvalue weighted by molar-refractivity contribution is -0.0248. The Balaban J connectivity index is 1.50. The summed E-state index contributed by atoms with van der Waals surface area (Å²) >= 11 is 0. The monoisotopic (exact) mass is 238 g/mol. The highest BCUT2D eigenvalue weighted by molar-refractivity contribution is 4.95. The molecular weight excluding hydrogens is 220 g/mol. The van der Waals surface area contributed by atoms with E-state index in [4.69, 9.17) is 14.0 Å².